The fraction of sp³-hybridized carbons (Fsp3) is 0.276. The van der Waals surface area contributed by atoms with Gasteiger partial charge in [0.25, 0.3) is 0 Å². The number of hydrogen-bond acceptors (Lipinski definition) is 2. The van der Waals surface area contributed by atoms with Crippen LogP contribution in [0.1, 0.15) is 36.0 Å². The molecule has 4 nitrogen and oxygen atoms in total. The first-order chi connectivity index (χ1) is 16.9. The van der Waals surface area contributed by atoms with Gasteiger partial charge < -0.3 is 15.0 Å². The Morgan fingerprint density at radius 3 is 2.54 bits per heavy atom. The molecule has 0 aliphatic carbocycles. The third-order valence-electron chi connectivity index (χ3n) is 7.05. The summed E-state index contributed by atoms with van der Waals surface area (Å²) in [5, 5.41) is 3.70. The van der Waals surface area contributed by atoms with E-state index >= 15 is 4.39 Å². The van der Waals surface area contributed by atoms with Gasteiger partial charge in [0.2, 0.25) is 0 Å². The zero-order valence-corrected chi connectivity index (χ0v) is 20.6. The summed E-state index contributed by atoms with van der Waals surface area (Å²) in [5.41, 5.74) is 5.36. The van der Waals surface area contributed by atoms with Gasteiger partial charge in [-0.05, 0) is 84.3 Å². The topological polar surface area (TPSA) is 41.6 Å². The minimum absolute atomic E-state index is 0.0286. The number of amides is 2. The zero-order valence-electron chi connectivity index (χ0n) is 19.9. The van der Waals surface area contributed by atoms with Crippen LogP contribution in [0.2, 0.25) is 5.02 Å². The van der Waals surface area contributed by atoms with Gasteiger partial charge in [0.1, 0.15) is 11.6 Å². The molecule has 3 aromatic carbocycles. The first-order valence-electron chi connectivity index (χ1n) is 11.9. The minimum atomic E-state index is -0.249. The van der Waals surface area contributed by atoms with Crippen molar-refractivity contribution in [1.29, 1.82) is 0 Å². The van der Waals surface area contributed by atoms with Crippen molar-refractivity contribution >= 4 is 23.2 Å². The largest absolute Gasteiger partial charge is 0.497 e. The molecule has 180 valence electrons. The van der Waals surface area contributed by atoms with Crippen molar-refractivity contribution in [3.8, 4) is 16.9 Å². The molecule has 0 saturated carbocycles. The highest BCUT2D eigenvalue weighted by molar-refractivity contribution is 6.30. The SMILES string of the molecule is COc1ccc(CNC(=O)N2C3C=C(c4ccc(-c5ccc(Cl)cc5C)c(F)c4)CC2CC3)cc1. The maximum atomic E-state index is 15.2. The van der Waals surface area contributed by atoms with Gasteiger partial charge >= 0.3 is 6.03 Å². The standard InChI is InChI=1S/C29H28ClFN2O2/c1-18-13-22(30)6-12-26(18)27-11-5-20(16-28(27)31)21-14-23-7-8-24(15-21)33(23)29(34)32-17-19-3-9-25(35-2)10-4-19/h3-6,9-14,16,23-24H,7-8,15,17H2,1-2H3,(H,32,34). The van der Waals surface area contributed by atoms with Crippen LogP contribution in [0.5, 0.6) is 5.75 Å². The fourth-order valence-corrected chi connectivity index (χ4v) is 5.46. The monoisotopic (exact) mass is 490 g/mol. The van der Waals surface area contributed by atoms with Crippen LogP contribution in [0.3, 0.4) is 0 Å². The Balaban J connectivity index is 1.30. The molecule has 0 radical (unpaired) electrons. The number of ether oxygens (including phenoxy) is 1. The minimum Gasteiger partial charge on any atom is -0.497 e. The Morgan fingerprint density at radius 1 is 1.09 bits per heavy atom. The van der Waals surface area contributed by atoms with E-state index in [1.165, 1.54) is 0 Å². The maximum absolute atomic E-state index is 15.2. The van der Waals surface area contributed by atoms with Gasteiger partial charge in [-0.2, -0.15) is 0 Å². The Kier molecular flexibility index (Phi) is 6.52. The van der Waals surface area contributed by atoms with E-state index in [1.54, 1.807) is 19.2 Å². The Labute approximate surface area is 210 Å². The maximum Gasteiger partial charge on any atom is 0.318 e. The summed E-state index contributed by atoms with van der Waals surface area (Å²) >= 11 is 6.06. The Hall–Kier alpha value is -3.31. The second-order valence-corrected chi connectivity index (χ2v) is 9.70. The van der Waals surface area contributed by atoms with Crippen LogP contribution in [-0.2, 0) is 6.54 Å². The number of fused-ring (bicyclic) bond motifs is 2. The van der Waals surface area contributed by atoms with E-state index in [4.69, 9.17) is 16.3 Å². The normalized spacial score (nSPS) is 18.9. The predicted octanol–water partition coefficient (Wildman–Crippen LogP) is 6.99. The van der Waals surface area contributed by atoms with Gasteiger partial charge in [-0.3, -0.25) is 0 Å². The zero-order chi connectivity index (χ0) is 24.5. The number of aryl methyl sites for hydroxylation is 1. The molecule has 6 heteroatoms. The molecule has 2 heterocycles. The number of methoxy groups -OCH3 is 1. The molecule has 3 aromatic rings. The summed E-state index contributed by atoms with van der Waals surface area (Å²) in [5.74, 6) is 0.542. The first kappa shape index (κ1) is 23.4. The Bertz CT molecular complexity index is 1290. The third kappa shape index (κ3) is 4.78. The van der Waals surface area contributed by atoms with E-state index in [0.29, 0.717) is 17.1 Å². The molecule has 2 bridgehead atoms. The van der Waals surface area contributed by atoms with Gasteiger partial charge in [0, 0.05) is 23.2 Å². The van der Waals surface area contributed by atoms with Crippen LogP contribution in [0.25, 0.3) is 16.7 Å². The molecule has 1 N–H and O–H groups in total. The number of urea groups is 1. The average molecular weight is 491 g/mol. The molecular weight excluding hydrogens is 463 g/mol. The fourth-order valence-electron chi connectivity index (χ4n) is 5.24. The van der Waals surface area contributed by atoms with E-state index in [0.717, 1.165) is 52.8 Å². The van der Waals surface area contributed by atoms with Crippen molar-refractivity contribution in [3.05, 3.63) is 94.3 Å². The molecule has 2 unspecified atom stereocenters. The highest BCUT2D eigenvalue weighted by Gasteiger charge is 2.39. The number of nitrogens with zero attached hydrogens (tertiary/aromatic N) is 1. The molecule has 2 aliphatic rings. The second-order valence-electron chi connectivity index (χ2n) is 9.26. The molecule has 0 spiro atoms. The smallest absolute Gasteiger partial charge is 0.318 e. The molecule has 2 aliphatic heterocycles. The number of hydrogen-bond donors (Lipinski definition) is 1. The molecule has 2 amide bonds. The number of rotatable bonds is 5. The quantitative estimate of drug-likeness (QED) is 0.418. The van der Waals surface area contributed by atoms with E-state index in [1.807, 2.05) is 60.4 Å². The third-order valence-corrected chi connectivity index (χ3v) is 7.29. The molecule has 1 fully saturated rings. The highest BCUT2D eigenvalue weighted by atomic mass is 35.5. The van der Waals surface area contributed by atoms with Gasteiger partial charge in [-0.15, -0.1) is 0 Å². The Morgan fingerprint density at radius 2 is 1.86 bits per heavy atom. The van der Waals surface area contributed by atoms with Crippen LogP contribution in [0, 0.1) is 12.7 Å². The van der Waals surface area contributed by atoms with Crippen LogP contribution in [0.15, 0.2) is 66.7 Å². The van der Waals surface area contributed by atoms with Gasteiger partial charge in [0.15, 0.2) is 0 Å². The molecule has 2 atom stereocenters. The van der Waals surface area contributed by atoms with E-state index in [9.17, 15) is 4.79 Å². The highest BCUT2D eigenvalue weighted by Crippen LogP contribution is 2.39. The van der Waals surface area contributed by atoms with Crippen LogP contribution >= 0.6 is 11.6 Å². The molecule has 5 rings (SSSR count). The summed E-state index contributed by atoms with van der Waals surface area (Å²) in [7, 11) is 1.63. The molecule has 0 aromatic heterocycles. The lowest BCUT2D eigenvalue weighted by atomic mass is 9.92. The summed E-state index contributed by atoms with van der Waals surface area (Å²) in [6, 6.07) is 18.7. The molecule has 35 heavy (non-hydrogen) atoms. The van der Waals surface area contributed by atoms with Crippen molar-refractivity contribution < 1.29 is 13.9 Å². The lowest BCUT2D eigenvalue weighted by Crippen LogP contribution is -2.48. The van der Waals surface area contributed by atoms with Gasteiger partial charge in [0.05, 0.1) is 13.2 Å². The first-order valence-corrected chi connectivity index (χ1v) is 12.3. The van der Waals surface area contributed by atoms with Crippen molar-refractivity contribution in [2.24, 2.45) is 0 Å². The van der Waals surface area contributed by atoms with Crippen molar-refractivity contribution in [2.45, 2.75) is 44.8 Å². The van der Waals surface area contributed by atoms with Gasteiger partial charge in [-0.1, -0.05) is 48.0 Å². The number of carbonyl (C=O) groups is 1. The summed E-state index contributed by atoms with van der Waals surface area (Å²) in [4.78, 5) is 15.0. The van der Waals surface area contributed by atoms with Crippen LogP contribution in [0.4, 0.5) is 9.18 Å². The van der Waals surface area contributed by atoms with Crippen molar-refractivity contribution in [1.82, 2.24) is 10.2 Å². The number of carbonyl (C=O) groups excluding carboxylic acids is 1. The lowest BCUT2D eigenvalue weighted by molar-refractivity contribution is 0.179. The van der Waals surface area contributed by atoms with E-state index < -0.39 is 0 Å². The van der Waals surface area contributed by atoms with E-state index in [2.05, 4.69) is 11.4 Å². The van der Waals surface area contributed by atoms with Crippen molar-refractivity contribution in [2.75, 3.05) is 7.11 Å². The molecule has 1 saturated heterocycles. The summed E-state index contributed by atoms with van der Waals surface area (Å²) in [6.45, 7) is 2.40. The van der Waals surface area contributed by atoms with Crippen LogP contribution in [-0.4, -0.2) is 30.1 Å². The molecular formula is C29H28ClFN2O2. The number of benzene rings is 3. The number of nitrogens with one attached hydrogen (secondary N) is 1. The lowest BCUT2D eigenvalue weighted by Gasteiger charge is -2.34. The summed E-state index contributed by atoms with van der Waals surface area (Å²) < 4.78 is 20.3. The summed E-state index contributed by atoms with van der Waals surface area (Å²) in [6.07, 6.45) is 4.74. The number of halogens is 2. The van der Waals surface area contributed by atoms with Crippen LogP contribution < -0.4 is 10.1 Å². The van der Waals surface area contributed by atoms with E-state index in [-0.39, 0.29) is 23.9 Å². The van der Waals surface area contributed by atoms with Gasteiger partial charge in [-0.25, -0.2) is 9.18 Å². The average Bonchev–Trinajstić information content (AvgIpc) is 3.12. The second kappa shape index (κ2) is 9.74. The predicted molar refractivity (Wildman–Crippen MR) is 138 cm³/mol. The van der Waals surface area contributed by atoms with Crippen molar-refractivity contribution in [3.63, 3.8) is 0 Å².